The number of aliphatic hydroxyl groups excluding tert-OH is 1. The van der Waals surface area contributed by atoms with Crippen LogP contribution in [-0.4, -0.2) is 53.8 Å². The minimum Gasteiger partial charge on any atom is -0.491 e. The molecule has 2 N–H and O–H groups in total. The van der Waals surface area contributed by atoms with Crippen LogP contribution in [0.25, 0.3) is 0 Å². The van der Waals surface area contributed by atoms with Crippen LogP contribution in [0.1, 0.15) is 25.7 Å². The molecule has 2 aliphatic heterocycles. The smallest absolute Gasteiger partial charge is 0.240 e. The molecule has 2 saturated heterocycles. The highest BCUT2D eigenvalue weighted by Crippen LogP contribution is 2.24. The second-order valence-electron chi connectivity index (χ2n) is 6.22. The number of aliphatic hydroxyl groups is 1. The number of nitrogens with one attached hydrogen (secondary N) is 1. The van der Waals surface area contributed by atoms with Gasteiger partial charge in [-0.2, -0.15) is 0 Å². The van der Waals surface area contributed by atoms with Gasteiger partial charge in [-0.15, -0.1) is 0 Å². The average Bonchev–Trinajstić information content (AvgIpc) is 3.24. The summed E-state index contributed by atoms with van der Waals surface area (Å²) >= 11 is 5.84. The van der Waals surface area contributed by atoms with E-state index >= 15 is 0 Å². The van der Waals surface area contributed by atoms with E-state index in [-0.39, 0.29) is 24.6 Å². The maximum Gasteiger partial charge on any atom is 0.240 e. The first kappa shape index (κ1) is 16.6. The van der Waals surface area contributed by atoms with Gasteiger partial charge in [0, 0.05) is 11.6 Å². The SMILES string of the molecule is O=C([C@@H]1CCCN1)N1CCC[C@H]1C(O)COc1ccc(Cl)cc1. The molecule has 0 bridgehead atoms. The molecule has 1 aromatic carbocycles. The first-order valence-corrected chi connectivity index (χ1v) is 8.63. The predicted octanol–water partition coefficient (Wildman–Crippen LogP) is 1.82. The van der Waals surface area contributed by atoms with Gasteiger partial charge in [0.15, 0.2) is 0 Å². The average molecular weight is 339 g/mol. The molecule has 3 atom stereocenters. The lowest BCUT2D eigenvalue weighted by Crippen LogP contribution is -2.50. The Morgan fingerprint density at radius 3 is 2.83 bits per heavy atom. The van der Waals surface area contributed by atoms with Crippen LogP contribution < -0.4 is 10.1 Å². The fraction of sp³-hybridized carbons (Fsp3) is 0.588. The van der Waals surface area contributed by atoms with Crippen LogP contribution in [0.4, 0.5) is 0 Å². The van der Waals surface area contributed by atoms with E-state index in [1.54, 1.807) is 24.3 Å². The van der Waals surface area contributed by atoms with Crippen molar-refractivity contribution in [2.24, 2.45) is 0 Å². The van der Waals surface area contributed by atoms with E-state index in [4.69, 9.17) is 16.3 Å². The minimum absolute atomic E-state index is 0.0833. The third kappa shape index (κ3) is 3.97. The molecule has 1 unspecified atom stereocenters. The molecule has 5 nitrogen and oxygen atoms in total. The number of hydrogen-bond donors (Lipinski definition) is 2. The highest BCUT2D eigenvalue weighted by Gasteiger charge is 2.37. The summed E-state index contributed by atoms with van der Waals surface area (Å²) in [5.74, 6) is 0.789. The molecule has 3 rings (SSSR count). The number of likely N-dealkylation sites (tertiary alicyclic amines) is 1. The normalized spacial score (nSPS) is 25.6. The van der Waals surface area contributed by atoms with Crippen LogP contribution in [0.2, 0.25) is 5.02 Å². The summed E-state index contributed by atoms with van der Waals surface area (Å²) in [7, 11) is 0. The van der Waals surface area contributed by atoms with Crippen molar-refractivity contribution in [1.82, 2.24) is 10.2 Å². The Hall–Kier alpha value is -1.30. The first-order chi connectivity index (χ1) is 11.1. The van der Waals surface area contributed by atoms with Gasteiger partial charge in [0.25, 0.3) is 0 Å². The van der Waals surface area contributed by atoms with E-state index in [9.17, 15) is 9.90 Å². The zero-order chi connectivity index (χ0) is 16.2. The molecular weight excluding hydrogens is 316 g/mol. The van der Waals surface area contributed by atoms with Gasteiger partial charge in [-0.05, 0) is 56.5 Å². The molecule has 126 valence electrons. The summed E-state index contributed by atoms with van der Waals surface area (Å²) in [6.07, 6.45) is 3.00. The molecule has 0 aromatic heterocycles. The lowest BCUT2D eigenvalue weighted by molar-refractivity contribution is -0.136. The summed E-state index contributed by atoms with van der Waals surface area (Å²) in [5.41, 5.74) is 0. The lowest BCUT2D eigenvalue weighted by atomic mass is 10.1. The predicted molar refractivity (Wildman–Crippen MR) is 88.7 cm³/mol. The van der Waals surface area contributed by atoms with Crippen molar-refractivity contribution in [2.75, 3.05) is 19.7 Å². The first-order valence-electron chi connectivity index (χ1n) is 8.25. The molecule has 2 heterocycles. The van der Waals surface area contributed by atoms with E-state index in [1.165, 1.54) is 0 Å². The number of carbonyl (C=O) groups is 1. The van der Waals surface area contributed by atoms with E-state index in [0.29, 0.717) is 10.8 Å². The number of rotatable bonds is 5. The highest BCUT2D eigenvalue weighted by atomic mass is 35.5. The Bertz CT molecular complexity index is 531. The molecule has 0 spiro atoms. The van der Waals surface area contributed by atoms with Crippen molar-refractivity contribution >= 4 is 17.5 Å². The standard InChI is InChI=1S/C17H23ClN2O3/c18-12-5-7-13(8-6-12)23-11-16(21)15-4-2-10-20(15)17(22)14-3-1-9-19-14/h5-8,14-16,19,21H,1-4,9-11H2/t14-,15-,16?/m0/s1. The Morgan fingerprint density at radius 2 is 2.13 bits per heavy atom. The molecule has 0 saturated carbocycles. The molecule has 1 aromatic rings. The highest BCUT2D eigenvalue weighted by molar-refractivity contribution is 6.30. The summed E-state index contributed by atoms with van der Waals surface area (Å²) in [6, 6.07) is 6.81. The molecule has 23 heavy (non-hydrogen) atoms. The van der Waals surface area contributed by atoms with Gasteiger partial charge in [0.2, 0.25) is 5.91 Å². The van der Waals surface area contributed by atoms with Gasteiger partial charge < -0.3 is 20.1 Å². The molecule has 0 radical (unpaired) electrons. The second-order valence-corrected chi connectivity index (χ2v) is 6.66. The van der Waals surface area contributed by atoms with Crippen molar-refractivity contribution in [3.63, 3.8) is 0 Å². The molecule has 0 aliphatic carbocycles. The quantitative estimate of drug-likeness (QED) is 0.859. The summed E-state index contributed by atoms with van der Waals surface area (Å²) in [6.45, 7) is 1.80. The van der Waals surface area contributed by atoms with Crippen LogP contribution >= 0.6 is 11.6 Å². The molecule has 6 heteroatoms. The fourth-order valence-corrected chi connectivity index (χ4v) is 3.51. The summed E-state index contributed by atoms with van der Waals surface area (Å²) in [4.78, 5) is 14.4. The van der Waals surface area contributed by atoms with Crippen LogP contribution in [-0.2, 0) is 4.79 Å². The number of benzene rings is 1. The zero-order valence-corrected chi connectivity index (χ0v) is 13.8. The Kier molecular flexibility index (Phi) is 5.41. The number of nitrogens with zero attached hydrogens (tertiary/aromatic N) is 1. The van der Waals surface area contributed by atoms with Crippen molar-refractivity contribution in [3.05, 3.63) is 29.3 Å². The van der Waals surface area contributed by atoms with Gasteiger partial charge in [-0.25, -0.2) is 0 Å². The number of ether oxygens (including phenoxy) is 1. The van der Waals surface area contributed by atoms with Crippen molar-refractivity contribution in [3.8, 4) is 5.75 Å². The molecular formula is C17H23ClN2O3. The number of halogens is 1. The Labute approximate surface area is 141 Å². The van der Waals surface area contributed by atoms with Crippen molar-refractivity contribution in [1.29, 1.82) is 0 Å². The Balaban J connectivity index is 1.55. The second kappa shape index (κ2) is 7.51. The Morgan fingerprint density at radius 1 is 1.35 bits per heavy atom. The van der Waals surface area contributed by atoms with Gasteiger partial charge in [0.05, 0.1) is 12.1 Å². The summed E-state index contributed by atoms with van der Waals surface area (Å²) < 4.78 is 5.63. The monoisotopic (exact) mass is 338 g/mol. The van der Waals surface area contributed by atoms with E-state index in [2.05, 4.69) is 5.32 Å². The largest absolute Gasteiger partial charge is 0.491 e. The fourth-order valence-electron chi connectivity index (χ4n) is 3.39. The number of amides is 1. The topological polar surface area (TPSA) is 61.8 Å². The van der Waals surface area contributed by atoms with E-state index in [1.807, 2.05) is 4.90 Å². The van der Waals surface area contributed by atoms with Crippen molar-refractivity contribution < 1.29 is 14.6 Å². The number of carbonyl (C=O) groups excluding carboxylic acids is 1. The molecule has 1 amide bonds. The lowest BCUT2D eigenvalue weighted by Gasteiger charge is -2.30. The van der Waals surface area contributed by atoms with Crippen LogP contribution in [0.3, 0.4) is 0 Å². The van der Waals surface area contributed by atoms with Gasteiger partial charge >= 0.3 is 0 Å². The van der Waals surface area contributed by atoms with Gasteiger partial charge in [-0.1, -0.05) is 11.6 Å². The van der Waals surface area contributed by atoms with Gasteiger partial charge in [0.1, 0.15) is 18.5 Å². The minimum atomic E-state index is -0.682. The third-order valence-corrected chi connectivity index (χ3v) is 4.87. The zero-order valence-electron chi connectivity index (χ0n) is 13.1. The van der Waals surface area contributed by atoms with Crippen molar-refractivity contribution in [2.45, 2.75) is 43.9 Å². The van der Waals surface area contributed by atoms with E-state index < -0.39 is 6.10 Å². The number of hydrogen-bond acceptors (Lipinski definition) is 4. The molecule has 2 aliphatic rings. The third-order valence-electron chi connectivity index (χ3n) is 4.62. The van der Waals surface area contributed by atoms with Gasteiger partial charge in [-0.3, -0.25) is 4.79 Å². The van der Waals surface area contributed by atoms with Crippen LogP contribution in [0.5, 0.6) is 5.75 Å². The van der Waals surface area contributed by atoms with Crippen LogP contribution in [0, 0.1) is 0 Å². The maximum atomic E-state index is 12.6. The maximum absolute atomic E-state index is 12.6. The van der Waals surface area contributed by atoms with E-state index in [0.717, 1.165) is 38.8 Å². The summed E-state index contributed by atoms with van der Waals surface area (Å²) in [5, 5.41) is 14.3. The van der Waals surface area contributed by atoms with Crippen LogP contribution in [0.15, 0.2) is 24.3 Å². The molecule has 2 fully saturated rings.